The van der Waals surface area contributed by atoms with Crippen molar-refractivity contribution in [2.45, 2.75) is 46.6 Å². The van der Waals surface area contributed by atoms with E-state index in [1.54, 1.807) is 0 Å². The summed E-state index contributed by atoms with van der Waals surface area (Å²) in [5, 5.41) is 3.35. The van der Waals surface area contributed by atoms with Gasteiger partial charge in [-0.15, -0.1) is 0 Å². The van der Waals surface area contributed by atoms with Crippen LogP contribution in [0.15, 0.2) is 39.2 Å². The summed E-state index contributed by atoms with van der Waals surface area (Å²) in [7, 11) is 0. The molecule has 114 valence electrons. The van der Waals surface area contributed by atoms with E-state index in [4.69, 9.17) is 9.15 Å². The van der Waals surface area contributed by atoms with Crippen LogP contribution >= 0.6 is 15.9 Å². The first-order valence-corrected chi connectivity index (χ1v) is 7.98. The van der Waals surface area contributed by atoms with Crippen molar-refractivity contribution in [2.75, 3.05) is 0 Å². The summed E-state index contributed by atoms with van der Waals surface area (Å²) in [6, 6.07) is 10.6. The fourth-order valence-electron chi connectivity index (χ4n) is 2.01. The van der Waals surface area contributed by atoms with Crippen LogP contribution in [0.2, 0.25) is 0 Å². The Kier molecular flexibility index (Phi) is 6.03. The van der Waals surface area contributed by atoms with E-state index in [2.05, 4.69) is 47.2 Å². The lowest BCUT2D eigenvalue weighted by Crippen LogP contribution is -2.21. The number of hydrogen-bond acceptors (Lipinski definition) is 3. The van der Waals surface area contributed by atoms with Crippen LogP contribution in [0, 0.1) is 6.92 Å². The summed E-state index contributed by atoms with van der Waals surface area (Å²) in [5.74, 6) is 1.89. The van der Waals surface area contributed by atoms with Crippen molar-refractivity contribution < 1.29 is 9.15 Å². The molecule has 0 amide bonds. The third-order valence-electron chi connectivity index (χ3n) is 3.23. The lowest BCUT2D eigenvalue weighted by molar-refractivity contribution is 0.106. The molecular weight excluding hydrogens is 330 g/mol. The molecular formula is C17H22BrNO2. The van der Waals surface area contributed by atoms with Gasteiger partial charge in [0.05, 0.1) is 19.8 Å². The highest BCUT2D eigenvalue weighted by molar-refractivity contribution is 9.10. The van der Waals surface area contributed by atoms with Crippen LogP contribution in [-0.2, 0) is 24.5 Å². The number of aryl methyl sites for hydroxylation is 1. The van der Waals surface area contributed by atoms with E-state index in [1.807, 2.05) is 25.1 Å². The van der Waals surface area contributed by atoms with Crippen LogP contribution in [-0.4, -0.2) is 6.04 Å². The maximum absolute atomic E-state index is 5.80. The second kappa shape index (κ2) is 7.78. The quantitative estimate of drug-likeness (QED) is 0.793. The van der Waals surface area contributed by atoms with Gasteiger partial charge in [-0.25, -0.2) is 0 Å². The molecule has 0 spiro atoms. The summed E-state index contributed by atoms with van der Waals surface area (Å²) in [5.41, 5.74) is 2.27. The lowest BCUT2D eigenvalue weighted by atomic mass is 10.2. The molecule has 0 aliphatic rings. The van der Waals surface area contributed by atoms with Gasteiger partial charge in [-0.3, -0.25) is 0 Å². The van der Waals surface area contributed by atoms with Crippen LogP contribution in [0.25, 0.3) is 0 Å². The number of hydrogen-bond donors (Lipinski definition) is 1. The Morgan fingerprint density at radius 3 is 2.62 bits per heavy atom. The Morgan fingerprint density at radius 1 is 1.19 bits per heavy atom. The van der Waals surface area contributed by atoms with Crippen molar-refractivity contribution >= 4 is 15.9 Å². The summed E-state index contributed by atoms with van der Waals surface area (Å²) in [6.07, 6.45) is 0. The number of halogens is 1. The predicted octanol–water partition coefficient (Wildman–Crippen LogP) is 4.57. The third-order valence-corrected chi connectivity index (χ3v) is 4.00. The number of ether oxygens (including phenoxy) is 1. The van der Waals surface area contributed by atoms with Crippen LogP contribution in [0.3, 0.4) is 0 Å². The highest BCUT2D eigenvalue weighted by Gasteiger charge is 2.08. The van der Waals surface area contributed by atoms with Crippen LogP contribution in [0.4, 0.5) is 0 Å². The SMILES string of the molecule is Cc1oc(CNC(C)C)cc1COCc1ccccc1Br. The molecule has 0 aliphatic carbocycles. The molecule has 1 heterocycles. The number of nitrogens with one attached hydrogen (secondary N) is 1. The van der Waals surface area contributed by atoms with Gasteiger partial charge in [-0.1, -0.05) is 48.0 Å². The topological polar surface area (TPSA) is 34.4 Å². The van der Waals surface area contributed by atoms with E-state index in [0.29, 0.717) is 19.3 Å². The van der Waals surface area contributed by atoms with Gasteiger partial charge in [0, 0.05) is 16.1 Å². The van der Waals surface area contributed by atoms with Gasteiger partial charge in [-0.2, -0.15) is 0 Å². The first-order valence-electron chi connectivity index (χ1n) is 7.19. The second-order valence-corrected chi connectivity index (χ2v) is 6.27. The largest absolute Gasteiger partial charge is 0.465 e. The Balaban J connectivity index is 1.87. The first kappa shape index (κ1) is 16.3. The Morgan fingerprint density at radius 2 is 1.90 bits per heavy atom. The molecule has 1 N–H and O–H groups in total. The smallest absolute Gasteiger partial charge is 0.118 e. The fraction of sp³-hybridized carbons (Fsp3) is 0.412. The normalized spacial score (nSPS) is 11.3. The molecule has 0 bridgehead atoms. The highest BCUT2D eigenvalue weighted by atomic mass is 79.9. The van der Waals surface area contributed by atoms with Crippen molar-refractivity contribution in [3.8, 4) is 0 Å². The molecule has 3 nitrogen and oxygen atoms in total. The third kappa shape index (κ3) is 4.99. The average Bonchev–Trinajstić information content (AvgIpc) is 2.79. The monoisotopic (exact) mass is 351 g/mol. The van der Waals surface area contributed by atoms with E-state index in [0.717, 1.165) is 33.7 Å². The summed E-state index contributed by atoms with van der Waals surface area (Å²) in [6.45, 7) is 8.14. The molecule has 2 rings (SSSR count). The predicted molar refractivity (Wildman–Crippen MR) is 88.1 cm³/mol. The highest BCUT2D eigenvalue weighted by Crippen LogP contribution is 2.19. The minimum absolute atomic E-state index is 0.450. The molecule has 0 unspecified atom stereocenters. The second-order valence-electron chi connectivity index (χ2n) is 5.41. The van der Waals surface area contributed by atoms with Crippen molar-refractivity contribution in [3.63, 3.8) is 0 Å². The van der Waals surface area contributed by atoms with E-state index in [-0.39, 0.29) is 0 Å². The Hall–Kier alpha value is -1.10. The van der Waals surface area contributed by atoms with Gasteiger partial charge in [0.2, 0.25) is 0 Å². The van der Waals surface area contributed by atoms with E-state index in [9.17, 15) is 0 Å². The maximum atomic E-state index is 5.80. The zero-order valence-corrected chi connectivity index (χ0v) is 14.4. The first-order chi connectivity index (χ1) is 10.1. The molecule has 0 radical (unpaired) electrons. The average molecular weight is 352 g/mol. The van der Waals surface area contributed by atoms with Crippen LogP contribution in [0.5, 0.6) is 0 Å². The van der Waals surface area contributed by atoms with E-state index < -0.39 is 0 Å². The Bertz CT molecular complexity index is 578. The van der Waals surface area contributed by atoms with Gasteiger partial charge in [0.15, 0.2) is 0 Å². The van der Waals surface area contributed by atoms with Crippen molar-refractivity contribution in [3.05, 3.63) is 57.5 Å². The van der Waals surface area contributed by atoms with Crippen LogP contribution in [0.1, 0.15) is 36.5 Å². The number of rotatable bonds is 7. The molecule has 0 saturated carbocycles. The minimum atomic E-state index is 0.450. The van der Waals surface area contributed by atoms with Crippen molar-refractivity contribution in [2.24, 2.45) is 0 Å². The molecule has 1 aromatic heterocycles. The summed E-state index contributed by atoms with van der Waals surface area (Å²) < 4.78 is 12.6. The fourth-order valence-corrected chi connectivity index (χ4v) is 2.41. The van der Waals surface area contributed by atoms with Crippen molar-refractivity contribution in [1.29, 1.82) is 0 Å². The zero-order valence-electron chi connectivity index (χ0n) is 12.8. The molecule has 2 aromatic rings. The standard InChI is InChI=1S/C17H22BrNO2/c1-12(2)19-9-16-8-15(13(3)21-16)11-20-10-14-6-4-5-7-17(14)18/h4-8,12,19H,9-11H2,1-3H3. The molecule has 1 aromatic carbocycles. The van der Waals surface area contributed by atoms with E-state index >= 15 is 0 Å². The minimum Gasteiger partial charge on any atom is -0.465 e. The van der Waals surface area contributed by atoms with Gasteiger partial charge in [0.1, 0.15) is 11.5 Å². The molecule has 4 heteroatoms. The molecule has 0 fully saturated rings. The summed E-state index contributed by atoms with van der Waals surface area (Å²) in [4.78, 5) is 0. The van der Waals surface area contributed by atoms with Gasteiger partial charge in [0.25, 0.3) is 0 Å². The number of furan rings is 1. The van der Waals surface area contributed by atoms with Crippen molar-refractivity contribution in [1.82, 2.24) is 5.32 Å². The van der Waals surface area contributed by atoms with E-state index in [1.165, 1.54) is 0 Å². The molecule has 0 aliphatic heterocycles. The van der Waals surface area contributed by atoms with Gasteiger partial charge >= 0.3 is 0 Å². The zero-order chi connectivity index (χ0) is 15.2. The number of benzene rings is 1. The summed E-state index contributed by atoms with van der Waals surface area (Å²) >= 11 is 3.53. The molecule has 21 heavy (non-hydrogen) atoms. The lowest BCUT2D eigenvalue weighted by Gasteiger charge is -2.05. The maximum Gasteiger partial charge on any atom is 0.118 e. The van der Waals surface area contributed by atoms with Crippen LogP contribution < -0.4 is 5.32 Å². The molecule has 0 atom stereocenters. The van der Waals surface area contributed by atoms with Gasteiger partial charge in [-0.05, 0) is 24.6 Å². The van der Waals surface area contributed by atoms with Gasteiger partial charge < -0.3 is 14.5 Å². The Labute approximate surface area is 134 Å². The molecule has 0 saturated heterocycles.